The number of hydrogen-bond acceptors (Lipinski definition) is 5. The molecule has 1 aliphatic heterocycles. The van der Waals surface area contributed by atoms with Gasteiger partial charge in [-0.05, 0) is 44.7 Å². The second-order valence-corrected chi connectivity index (χ2v) is 9.41. The lowest BCUT2D eigenvalue weighted by Gasteiger charge is -2.14. The topological polar surface area (TPSA) is 88.8 Å². The predicted octanol–water partition coefficient (Wildman–Crippen LogP) is 3.23. The minimum atomic E-state index is -3.62. The Morgan fingerprint density at radius 1 is 1.21 bits per heavy atom. The van der Waals surface area contributed by atoms with Crippen LogP contribution in [0, 0.1) is 6.92 Å². The van der Waals surface area contributed by atoms with E-state index in [9.17, 15) is 13.2 Å². The molecule has 2 heterocycles. The molecule has 0 atom stereocenters. The van der Waals surface area contributed by atoms with Crippen LogP contribution < -0.4 is 5.32 Å². The fraction of sp³-hybridized carbons (Fsp3) is 0.476. The summed E-state index contributed by atoms with van der Waals surface area (Å²) >= 11 is 0. The SMILES string of the molecule is Cc1oc(C(=O)NCc2cccc(COC(C)C)c2)cc1S(=O)(=O)N1CCCC1. The van der Waals surface area contributed by atoms with Gasteiger partial charge in [0.1, 0.15) is 10.7 Å². The molecule has 1 aromatic heterocycles. The highest BCUT2D eigenvalue weighted by Crippen LogP contribution is 2.26. The molecule has 0 spiro atoms. The largest absolute Gasteiger partial charge is 0.455 e. The maximum Gasteiger partial charge on any atom is 0.287 e. The first kappa shape index (κ1) is 21.5. The summed E-state index contributed by atoms with van der Waals surface area (Å²) in [4.78, 5) is 12.6. The molecule has 7 nitrogen and oxygen atoms in total. The van der Waals surface area contributed by atoms with Crippen LogP contribution in [-0.4, -0.2) is 37.8 Å². The number of amides is 1. The molecule has 0 aliphatic carbocycles. The lowest BCUT2D eigenvalue weighted by Crippen LogP contribution is -2.28. The van der Waals surface area contributed by atoms with Gasteiger partial charge in [-0.25, -0.2) is 8.42 Å². The molecule has 0 bridgehead atoms. The zero-order valence-corrected chi connectivity index (χ0v) is 17.9. The van der Waals surface area contributed by atoms with Crippen LogP contribution in [0.5, 0.6) is 0 Å². The maximum absolute atomic E-state index is 12.7. The first-order valence-corrected chi connectivity index (χ1v) is 11.3. The molecular weight excluding hydrogens is 392 g/mol. The van der Waals surface area contributed by atoms with Crippen molar-refractivity contribution in [2.45, 2.75) is 57.8 Å². The normalized spacial score (nSPS) is 15.2. The van der Waals surface area contributed by atoms with Crippen molar-refractivity contribution in [2.75, 3.05) is 13.1 Å². The maximum atomic E-state index is 12.7. The molecule has 3 rings (SSSR count). The zero-order valence-electron chi connectivity index (χ0n) is 17.1. The van der Waals surface area contributed by atoms with Crippen molar-refractivity contribution in [1.29, 1.82) is 0 Å². The Morgan fingerprint density at radius 3 is 2.59 bits per heavy atom. The van der Waals surface area contributed by atoms with E-state index < -0.39 is 15.9 Å². The number of furan rings is 1. The fourth-order valence-corrected chi connectivity index (χ4v) is 4.94. The van der Waals surface area contributed by atoms with E-state index in [1.54, 1.807) is 6.92 Å². The van der Waals surface area contributed by atoms with Gasteiger partial charge in [-0.1, -0.05) is 24.3 Å². The van der Waals surface area contributed by atoms with E-state index in [0.29, 0.717) is 26.2 Å². The van der Waals surface area contributed by atoms with Crippen molar-refractivity contribution in [1.82, 2.24) is 9.62 Å². The Balaban J connectivity index is 1.65. The van der Waals surface area contributed by atoms with Gasteiger partial charge in [0.2, 0.25) is 10.0 Å². The summed E-state index contributed by atoms with van der Waals surface area (Å²) in [5.41, 5.74) is 1.95. The molecule has 1 aromatic carbocycles. The van der Waals surface area contributed by atoms with Gasteiger partial charge in [0.15, 0.2) is 5.76 Å². The molecule has 0 radical (unpaired) electrons. The molecule has 29 heavy (non-hydrogen) atoms. The molecule has 0 saturated carbocycles. The van der Waals surface area contributed by atoms with Crippen molar-refractivity contribution in [2.24, 2.45) is 0 Å². The third-order valence-electron chi connectivity index (χ3n) is 4.81. The van der Waals surface area contributed by atoms with E-state index in [1.807, 2.05) is 38.1 Å². The lowest BCUT2D eigenvalue weighted by atomic mass is 10.1. The van der Waals surface area contributed by atoms with Crippen molar-refractivity contribution in [3.63, 3.8) is 0 Å². The average molecular weight is 421 g/mol. The summed E-state index contributed by atoms with van der Waals surface area (Å²) in [7, 11) is -3.62. The number of rotatable bonds is 8. The third-order valence-corrected chi connectivity index (χ3v) is 6.81. The second kappa shape index (κ2) is 9.11. The van der Waals surface area contributed by atoms with Crippen molar-refractivity contribution in [3.8, 4) is 0 Å². The predicted molar refractivity (Wildman–Crippen MR) is 109 cm³/mol. The monoisotopic (exact) mass is 420 g/mol. The van der Waals surface area contributed by atoms with Crippen LogP contribution in [0.15, 0.2) is 39.6 Å². The van der Waals surface area contributed by atoms with E-state index in [2.05, 4.69) is 5.32 Å². The highest BCUT2D eigenvalue weighted by molar-refractivity contribution is 7.89. The number of nitrogens with zero attached hydrogens (tertiary/aromatic N) is 1. The van der Waals surface area contributed by atoms with Crippen LogP contribution in [0.3, 0.4) is 0 Å². The molecule has 1 aliphatic rings. The highest BCUT2D eigenvalue weighted by Gasteiger charge is 2.31. The van der Waals surface area contributed by atoms with Crippen molar-refractivity contribution in [3.05, 3.63) is 53.0 Å². The zero-order chi connectivity index (χ0) is 21.0. The van der Waals surface area contributed by atoms with E-state index in [0.717, 1.165) is 24.0 Å². The van der Waals surface area contributed by atoms with Crippen LogP contribution in [0.2, 0.25) is 0 Å². The Kier molecular flexibility index (Phi) is 6.77. The van der Waals surface area contributed by atoms with Gasteiger partial charge in [-0.15, -0.1) is 0 Å². The van der Waals surface area contributed by atoms with Crippen LogP contribution in [0.1, 0.15) is 54.1 Å². The van der Waals surface area contributed by atoms with Crippen LogP contribution >= 0.6 is 0 Å². The van der Waals surface area contributed by atoms with Gasteiger partial charge in [0.05, 0.1) is 12.7 Å². The summed E-state index contributed by atoms with van der Waals surface area (Å²) in [5, 5.41) is 2.79. The van der Waals surface area contributed by atoms with Gasteiger partial charge >= 0.3 is 0 Å². The summed E-state index contributed by atoms with van der Waals surface area (Å²) in [6, 6.07) is 9.09. The van der Waals surface area contributed by atoms with E-state index in [1.165, 1.54) is 10.4 Å². The number of aryl methyl sites for hydroxylation is 1. The van der Waals surface area contributed by atoms with E-state index in [4.69, 9.17) is 9.15 Å². The molecule has 1 N–H and O–H groups in total. The van der Waals surface area contributed by atoms with Crippen molar-refractivity contribution < 1.29 is 22.4 Å². The summed E-state index contributed by atoms with van der Waals surface area (Å²) in [6.07, 6.45) is 1.85. The molecule has 2 aromatic rings. The van der Waals surface area contributed by atoms with E-state index >= 15 is 0 Å². The van der Waals surface area contributed by atoms with Crippen molar-refractivity contribution >= 4 is 15.9 Å². The number of carbonyl (C=O) groups is 1. The first-order valence-electron chi connectivity index (χ1n) is 9.85. The Hall–Kier alpha value is -2.16. The fourth-order valence-electron chi connectivity index (χ4n) is 3.26. The Labute approximate surface area is 172 Å². The van der Waals surface area contributed by atoms with Crippen LogP contribution in [0.25, 0.3) is 0 Å². The molecule has 1 fully saturated rings. The van der Waals surface area contributed by atoms with Gasteiger partial charge in [0, 0.05) is 25.7 Å². The lowest BCUT2D eigenvalue weighted by molar-refractivity contribution is 0.0657. The summed E-state index contributed by atoms with van der Waals surface area (Å²) < 4.78 is 38.0. The van der Waals surface area contributed by atoms with Gasteiger partial charge in [-0.3, -0.25) is 4.79 Å². The molecular formula is C21H28N2O5S. The minimum absolute atomic E-state index is 0.000400. The molecule has 1 amide bonds. The van der Waals surface area contributed by atoms with Crippen LogP contribution in [0.4, 0.5) is 0 Å². The smallest absolute Gasteiger partial charge is 0.287 e. The average Bonchev–Trinajstić information content (AvgIpc) is 3.35. The van der Waals surface area contributed by atoms with Gasteiger partial charge in [-0.2, -0.15) is 4.31 Å². The second-order valence-electron chi connectivity index (χ2n) is 7.50. The summed E-state index contributed by atoms with van der Waals surface area (Å²) in [5.74, 6) is -0.214. The number of ether oxygens (including phenoxy) is 1. The van der Waals surface area contributed by atoms with Gasteiger partial charge in [0.25, 0.3) is 5.91 Å². The number of sulfonamides is 1. The van der Waals surface area contributed by atoms with Crippen LogP contribution in [-0.2, 0) is 27.9 Å². The highest BCUT2D eigenvalue weighted by atomic mass is 32.2. The standard InChI is InChI=1S/C21H28N2O5S/c1-15(2)27-14-18-8-6-7-17(11-18)13-22-21(24)19-12-20(16(3)28-19)29(25,26)23-9-4-5-10-23/h6-8,11-12,15H,4-5,9-10,13-14H2,1-3H3,(H,22,24). The Morgan fingerprint density at radius 2 is 1.90 bits per heavy atom. The molecule has 0 unspecified atom stereocenters. The minimum Gasteiger partial charge on any atom is -0.455 e. The van der Waals surface area contributed by atoms with E-state index in [-0.39, 0.29) is 22.5 Å². The third kappa shape index (κ3) is 5.26. The molecule has 8 heteroatoms. The number of hydrogen-bond donors (Lipinski definition) is 1. The van der Waals surface area contributed by atoms with Gasteiger partial charge < -0.3 is 14.5 Å². The molecule has 1 saturated heterocycles. The quantitative estimate of drug-likeness (QED) is 0.708. The molecule has 158 valence electrons. The number of benzene rings is 1. The first-order chi connectivity index (χ1) is 13.8. The number of carbonyl (C=O) groups excluding carboxylic acids is 1. The number of nitrogens with one attached hydrogen (secondary N) is 1. The summed E-state index contributed by atoms with van der Waals surface area (Å²) in [6.45, 7) is 7.35. The Bertz CT molecular complexity index is 959.